The third kappa shape index (κ3) is 1.63. The minimum absolute atomic E-state index is 0.686. The van der Waals surface area contributed by atoms with E-state index >= 15 is 0 Å². The molecule has 0 saturated carbocycles. The van der Waals surface area contributed by atoms with Gasteiger partial charge in [-0.2, -0.15) is 0 Å². The van der Waals surface area contributed by atoms with Crippen molar-refractivity contribution in [3.8, 4) is 0 Å². The van der Waals surface area contributed by atoms with Crippen LogP contribution in [-0.4, -0.2) is 4.98 Å². The summed E-state index contributed by atoms with van der Waals surface area (Å²) in [6.07, 6.45) is 3.50. The lowest BCUT2D eigenvalue weighted by atomic mass is 10.2. The van der Waals surface area contributed by atoms with Crippen LogP contribution < -0.4 is 0 Å². The van der Waals surface area contributed by atoms with Gasteiger partial charge in [-0.25, -0.2) is 0 Å². The third-order valence-electron chi connectivity index (χ3n) is 1.77. The number of pyridine rings is 1. The lowest BCUT2D eigenvalue weighted by Gasteiger charge is -2.03. The molecule has 1 heterocycles. The highest BCUT2D eigenvalue weighted by atomic mass is 127. The molecule has 0 amide bonds. The summed E-state index contributed by atoms with van der Waals surface area (Å²) in [5.41, 5.74) is 0. The van der Waals surface area contributed by atoms with Gasteiger partial charge in [-0.15, -0.1) is 0 Å². The zero-order chi connectivity index (χ0) is 9.42. The molecule has 0 aliphatic carbocycles. The van der Waals surface area contributed by atoms with Crippen molar-refractivity contribution in [2.75, 3.05) is 0 Å². The molecule has 0 unspecified atom stereocenters. The highest BCUT2D eigenvalue weighted by molar-refractivity contribution is 14.1. The quantitative estimate of drug-likeness (QED) is 0.664. The van der Waals surface area contributed by atoms with Crippen LogP contribution in [0.5, 0.6) is 0 Å². The summed E-state index contributed by atoms with van der Waals surface area (Å²) in [6.45, 7) is 0. The molecule has 4 heteroatoms. The van der Waals surface area contributed by atoms with E-state index in [0.29, 0.717) is 10.0 Å². The molecule has 0 atom stereocenters. The van der Waals surface area contributed by atoms with Crippen molar-refractivity contribution in [3.63, 3.8) is 0 Å². The van der Waals surface area contributed by atoms with Crippen LogP contribution in [0.4, 0.5) is 0 Å². The molecule has 1 aromatic heterocycles. The maximum Gasteiger partial charge on any atom is 0.0501 e. The Kier molecular flexibility index (Phi) is 2.62. The fourth-order valence-corrected chi connectivity index (χ4v) is 2.55. The van der Waals surface area contributed by atoms with Crippen LogP contribution in [-0.2, 0) is 0 Å². The first kappa shape index (κ1) is 9.49. The number of benzene rings is 1. The summed E-state index contributed by atoms with van der Waals surface area (Å²) in [7, 11) is 0. The minimum Gasteiger partial charge on any atom is -0.263 e. The molecule has 1 nitrogen and oxygen atoms in total. The molecule has 0 aliphatic heterocycles. The summed E-state index contributed by atoms with van der Waals surface area (Å²) in [5.74, 6) is 0. The average Bonchev–Trinajstić information content (AvgIpc) is 2.12. The van der Waals surface area contributed by atoms with Gasteiger partial charge in [0, 0.05) is 31.8 Å². The van der Waals surface area contributed by atoms with Gasteiger partial charge in [0.1, 0.15) is 0 Å². The maximum atomic E-state index is 6.04. The highest BCUT2D eigenvalue weighted by Crippen LogP contribution is 2.31. The van der Waals surface area contributed by atoms with Crippen LogP contribution in [0.3, 0.4) is 0 Å². The Bertz CT molecular complexity index is 462. The highest BCUT2D eigenvalue weighted by Gasteiger charge is 2.06. The van der Waals surface area contributed by atoms with Gasteiger partial charge in [-0.05, 0) is 34.7 Å². The Balaban J connectivity index is 3.00. The molecular formula is C9H4Cl2IN. The normalized spacial score (nSPS) is 10.7. The second-order valence-electron chi connectivity index (χ2n) is 2.57. The number of hydrogen-bond acceptors (Lipinski definition) is 1. The van der Waals surface area contributed by atoms with E-state index in [1.165, 1.54) is 0 Å². The molecule has 0 fully saturated rings. The zero-order valence-corrected chi connectivity index (χ0v) is 10.1. The van der Waals surface area contributed by atoms with Crippen molar-refractivity contribution >= 4 is 56.6 Å². The molecule has 0 spiro atoms. The van der Waals surface area contributed by atoms with Crippen molar-refractivity contribution in [2.24, 2.45) is 0 Å². The first-order valence-electron chi connectivity index (χ1n) is 3.57. The summed E-state index contributed by atoms with van der Waals surface area (Å²) >= 11 is 14.2. The lowest BCUT2D eigenvalue weighted by molar-refractivity contribution is 1.35. The Labute approximate surface area is 99.2 Å². The van der Waals surface area contributed by atoms with Gasteiger partial charge in [0.05, 0.1) is 5.02 Å². The molecule has 0 N–H and O–H groups in total. The topological polar surface area (TPSA) is 12.9 Å². The largest absolute Gasteiger partial charge is 0.263 e. The van der Waals surface area contributed by atoms with Crippen LogP contribution in [0, 0.1) is 3.57 Å². The molecule has 66 valence electrons. The first-order chi connectivity index (χ1) is 6.20. The third-order valence-corrected chi connectivity index (χ3v) is 3.23. The number of halogens is 3. The van der Waals surface area contributed by atoms with Gasteiger partial charge in [0.15, 0.2) is 0 Å². The molecule has 2 aromatic rings. The number of rotatable bonds is 0. The number of nitrogens with zero attached hydrogens (tertiary/aromatic N) is 1. The molecule has 13 heavy (non-hydrogen) atoms. The summed E-state index contributed by atoms with van der Waals surface area (Å²) in [4.78, 5) is 4.06. The Morgan fingerprint density at radius 3 is 2.46 bits per heavy atom. The van der Waals surface area contributed by atoms with Crippen molar-refractivity contribution in [1.29, 1.82) is 0 Å². The predicted octanol–water partition coefficient (Wildman–Crippen LogP) is 4.15. The first-order valence-corrected chi connectivity index (χ1v) is 5.41. The fraction of sp³-hybridized carbons (Fsp3) is 0. The van der Waals surface area contributed by atoms with E-state index in [2.05, 4.69) is 27.6 Å². The van der Waals surface area contributed by atoms with Gasteiger partial charge in [-0.1, -0.05) is 23.2 Å². The van der Waals surface area contributed by atoms with Crippen molar-refractivity contribution in [3.05, 3.63) is 38.1 Å². The Hall–Kier alpha value is -0.0600. The van der Waals surface area contributed by atoms with E-state index in [4.69, 9.17) is 23.2 Å². The second kappa shape index (κ2) is 3.59. The maximum absolute atomic E-state index is 6.04. The van der Waals surface area contributed by atoms with Crippen LogP contribution in [0.15, 0.2) is 24.5 Å². The van der Waals surface area contributed by atoms with Gasteiger partial charge in [0.25, 0.3) is 0 Å². The minimum atomic E-state index is 0.686. The van der Waals surface area contributed by atoms with Crippen molar-refractivity contribution < 1.29 is 0 Å². The molecular weight excluding hydrogens is 320 g/mol. The smallest absolute Gasteiger partial charge is 0.0501 e. The van der Waals surface area contributed by atoms with Crippen molar-refractivity contribution in [2.45, 2.75) is 0 Å². The van der Waals surface area contributed by atoms with E-state index in [9.17, 15) is 0 Å². The van der Waals surface area contributed by atoms with Crippen LogP contribution >= 0.6 is 45.8 Å². The van der Waals surface area contributed by atoms with Gasteiger partial charge in [-0.3, -0.25) is 4.98 Å². The van der Waals surface area contributed by atoms with Gasteiger partial charge < -0.3 is 0 Å². The monoisotopic (exact) mass is 323 g/mol. The zero-order valence-electron chi connectivity index (χ0n) is 6.39. The number of aromatic nitrogens is 1. The summed E-state index contributed by atoms with van der Waals surface area (Å²) < 4.78 is 1.02. The molecule has 0 bridgehead atoms. The standard InChI is InChI=1S/C9H4Cl2IN/c10-6-1-2-7(11)9-5(6)3-13-4-8(9)12/h1-4H. The molecule has 2 rings (SSSR count). The molecule has 0 saturated heterocycles. The fourth-order valence-electron chi connectivity index (χ4n) is 1.18. The SMILES string of the molecule is Clc1ccc(Cl)c2c(I)cncc12. The summed E-state index contributed by atoms with van der Waals surface area (Å²) in [6, 6.07) is 3.58. The van der Waals surface area contributed by atoms with Crippen LogP contribution in [0.2, 0.25) is 10.0 Å². The van der Waals surface area contributed by atoms with Crippen molar-refractivity contribution in [1.82, 2.24) is 4.98 Å². The van der Waals surface area contributed by atoms with E-state index in [1.807, 2.05) is 0 Å². The van der Waals surface area contributed by atoms with E-state index in [0.717, 1.165) is 14.3 Å². The van der Waals surface area contributed by atoms with E-state index in [1.54, 1.807) is 24.5 Å². The average molecular weight is 324 g/mol. The predicted molar refractivity (Wildman–Crippen MR) is 64.5 cm³/mol. The summed E-state index contributed by atoms with van der Waals surface area (Å²) in [5, 5.41) is 3.28. The van der Waals surface area contributed by atoms with Crippen LogP contribution in [0.1, 0.15) is 0 Å². The number of hydrogen-bond donors (Lipinski definition) is 0. The molecule has 1 aromatic carbocycles. The number of fused-ring (bicyclic) bond motifs is 1. The molecule has 0 radical (unpaired) electrons. The molecule has 0 aliphatic rings. The Morgan fingerprint density at radius 2 is 1.77 bits per heavy atom. The van der Waals surface area contributed by atoms with Gasteiger partial charge >= 0.3 is 0 Å². The second-order valence-corrected chi connectivity index (χ2v) is 4.55. The van der Waals surface area contributed by atoms with Crippen LogP contribution in [0.25, 0.3) is 10.8 Å². The Morgan fingerprint density at radius 1 is 1.08 bits per heavy atom. The van der Waals surface area contributed by atoms with E-state index < -0.39 is 0 Å². The van der Waals surface area contributed by atoms with Gasteiger partial charge in [0.2, 0.25) is 0 Å². The lowest BCUT2D eigenvalue weighted by Crippen LogP contribution is -1.82. The van der Waals surface area contributed by atoms with E-state index in [-0.39, 0.29) is 0 Å².